The number of hydrogen-bond acceptors (Lipinski definition) is 3. The topological polar surface area (TPSA) is 57.6 Å². The van der Waals surface area contributed by atoms with Gasteiger partial charge in [-0.3, -0.25) is 9.59 Å². The van der Waals surface area contributed by atoms with Gasteiger partial charge in [-0.05, 0) is 31.2 Å². The van der Waals surface area contributed by atoms with Gasteiger partial charge in [-0.2, -0.15) is 0 Å². The molecule has 1 aromatic heterocycles. The molecule has 1 rings (SSSR count). The van der Waals surface area contributed by atoms with E-state index >= 15 is 0 Å². The molecule has 0 bridgehead atoms. The molecule has 18 heavy (non-hydrogen) atoms. The molecule has 0 aliphatic rings. The second kappa shape index (κ2) is 7.87. The minimum Gasteiger partial charge on any atom is -0.481 e. The van der Waals surface area contributed by atoms with Crippen LogP contribution in [0.4, 0.5) is 0 Å². The standard InChI is InChI=1S/C13H19NO3S/c1-2-14(10-11-6-5-9-18-11)12(15)7-3-4-8-13(16)17/h5-6,9H,2-4,7-8,10H2,1H3,(H,16,17). The number of unbranched alkanes of at least 4 members (excludes halogenated alkanes) is 1. The fourth-order valence-electron chi connectivity index (χ4n) is 1.68. The van der Waals surface area contributed by atoms with Crippen molar-refractivity contribution in [2.45, 2.75) is 39.2 Å². The molecule has 1 N–H and O–H groups in total. The highest BCUT2D eigenvalue weighted by Gasteiger charge is 2.12. The van der Waals surface area contributed by atoms with Crippen molar-refractivity contribution in [1.82, 2.24) is 4.90 Å². The largest absolute Gasteiger partial charge is 0.481 e. The third-order valence-electron chi connectivity index (χ3n) is 2.69. The Bertz CT molecular complexity index is 376. The molecule has 4 nitrogen and oxygen atoms in total. The Morgan fingerprint density at radius 3 is 2.61 bits per heavy atom. The molecular weight excluding hydrogens is 250 g/mol. The number of thiophene rings is 1. The Labute approximate surface area is 111 Å². The molecule has 0 aliphatic heterocycles. The fraction of sp³-hybridized carbons (Fsp3) is 0.538. The lowest BCUT2D eigenvalue weighted by Crippen LogP contribution is -2.29. The first-order valence-corrected chi connectivity index (χ1v) is 7.03. The molecule has 1 amide bonds. The molecule has 0 spiro atoms. The van der Waals surface area contributed by atoms with E-state index in [1.54, 1.807) is 11.3 Å². The third-order valence-corrected chi connectivity index (χ3v) is 3.55. The lowest BCUT2D eigenvalue weighted by Gasteiger charge is -2.20. The van der Waals surface area contributed by atoms with Crippen molar-refractivity contribution in [2.75, 3.05) is 6.54 Å². The molecule has 1 aromatic rings. The van der Waals surface area contributed by atoms with Crippen LogP contribution in [0.2, 0.25) is 0 Å². The van der Waals surface area contributed by atoms with Crippen LogP contribution in [-0.4, -0.2) is 28.4 Å². The smallest absolute Gasteiger partial charge is 0.303 e. The lowest BCUT2D eigenvalue weighted by atomic mass is 10.2. The number of carboxylic acid groups (broad SMARTS) is 1. The van der Waals surface area contributed by atoms with Gasteiger partial charge in [-0.15, -0.1) is 11.3 Å². The molecule has 0 saturated heterocycles. The van der Waals surface area contributed by atoms with E-state index in [1.165, 1.54) is 4.88 Å². The zero-order valence-electron chi connectivity index (χ0n) is 10.6. The van der Waals surface area contributed by atoms with Crippen molar-refractivity contribution in [3.8, 4) is 0 Å². The Kier molecular flexibility index (Phi) is 6.43. The minimum absolute atomic E-state index is 0.108. The zero-order valence-corrected chi connectivity index (χ0v) is 11.4. The van der Waals surface area contributed by atoms with Crippen molar-refractivity contribution in [3.63, 3.8) is 0 Å². The SMILES string of the molecule is CCN(Cc1cccs1)C(=O)CCCCC(=O)O. The van der Waals surface area contributed by atoms with E-state index in [1.807, 2.05) is 29.3 Å². The summed E-state index contributed by atoms with van der Waals surface area (Å²) in [5.41, 5.74) is 0. The van der Waals surface area contributed by atoms with E-state index in [0.717, 1.165) is 0 Å². The number of carbonyl (C=O) groups is 2. The van der Waals surface area contributed by atoms with Crippen molar-refractivity contribution < 1.29 is 14.7 Å². The molecule has 0 fully saturated rings. The van der Waals surface area contributed by atoms with Crippen LogP contribution in [0.3, 0.4) is 0 Å². The van der Waals surface area contributed by atoms with E-state index in [-0.39, 0.29) is 12.3 Å². The molecule has 0 aromatic carbocycles. The number of aliphatic carboxylic acids is 1. The predicted molar refractivity (Wildman–Crippen MR) is 71.5 cm³/mol. The Balaban J connectivity index is 2.31. The number of carboxylic acids is 1. The van der Waals surface area contributed by atoms with Crippen LogP contribution < -0.4 is 0 Å². The predicted octanol–water partition coefficient (Wildman–Crippen LogP) is 2.74. The first-order chi connectivity index (χ1) is 8.63. The van der Waals surface area contributed by atoms with Crippen LogP contribution in [0.15, 0.2) is 17.5 Å². The van der Waals surface area contributed by atoms with Gasteiger partial charge in [0.2, 0.25) is 5.91 Å². The quantitative estimate of drug-likeness (QED) is 0.738. The maximum atomic E-state index is 11.9. The highest BCUT2D eigenvalue weighted by atomic mass is 32.1. The molecule has 0 radical (unpaired) electrons. The summed E-state index contributed by atoms with van der Waals surface area (Å²) in [6, 6.07) is 4.00. The van der Waals surface area contributed by atoms with Gasteiger partial charge in [0.25, 0.3) is 0 Å². The Morgan fingerprint density at radius 1 is 1.33 bits per heavy atom. The number of hydrogen-bond donors (Lipinski definition) is 1. The summed E-state index contributed by atoms with van der Waals surface area (Å²) in [7, 11) is 0. The summed E-state index contributed by atoms with van der Waals surface area (Å²) in [5, 5.41) is 10.5. The maximum Gasteiger partial charge on any atom is 0.303 e. The van der Waals surface area contributed by atoms with Gasteiger partial charge in [-0.25, -0.2) is 0 Å². The van der Waals surface area contributed by atoms with E-state index < -0.39 is 5.97 Å². The molecule has 0 aliphatic carbocycles. The molecule has 0 saturated carbocycles. The van der Waals surface area contributed by atoms with Crippen LogP contribution in [-0.2, 0) is 16.1 Å². The van der Waals surface area contributed by atoms with Crippen molar-refractivity contribution in [3.05, 3.63) is 22.4 Å². The second-order valence-corrected chi connectivity index (χ2v) is 5.12. The van der Waals surface area contributed by atoms with Gasteiger partial charge in [0.05, 0.1) is 6.54 Å². The van der Waals surface area contributed by atoms with Crippen molar-refractivity contribution >= 4 is 23.2 Å². The summed E-state index contributed by atoms with van der Waals surface area (Å²) in [6.07, 6.45) is 1.79. The van der Waals surface area contributed by atoms with E-state index in [4.69, 9.17) is 5.11 Å². The second-order valence-electron chi connectivity index (χ2n) is 4.09. The van der Waals surface area contributed by atoms with Crippen LogP contribution in [0.25, 0.3) is 0 Å². The van der Waals surface area contributed by atoms with Crippen LogP contribution in [0.1, 0.15) is 37.5 Å². The van der Waals surface area contributed by atoms with Gasteiger partial charge < -0.3 is 10.0 Å². The van der Waals surface area contributed by atoms with Crippen molar-refractivity contribution in [1.29, 1.82) is 0 Å². The molecule has 100 valence electrons. The van der Waals surface area contributed by atoms with Gasteiger partial charge in [0.15, 0.2) is 0 Å². The van der Waals surface area contributed by atoms with Gasteiger partial charge in [-0.1, -0.05) is 6.07 Å². The summed E-state index contributed by atoms with van der Waals surface area (Å²) >= 11 is 1.64. The average molecular weight is 269 g/mol. The zero-order chi connectivity index (χ0) is 13.4. The average Bonchev–Trinajstić information content (AvgIpc) is 2.84. The highest BCUT2D eigenvalue weighted by Crippen LogP contribution is 2.13. The maximum absolute atomic E-state index is 11.9. The summed E-state index contributed by atoms with van der Waals surface area (Å²) in [6.45, 7) is 3.31. The van der Waals surface area contributed by atoms with Gasteiger partial charge >= 0.3 is 5.97 Å². The molecular formula is C13H19NO3S. The highest BCUT2D eigenvalue weighted by molar-refractivity contribution is 7.09. The van der Waals surface area contributed by atoms with E-state index in [0.29, 0.717) is 32.4 Å². The van der Waals surface area contributed by atoms with Crippen molar-refractivity contribution in [2.24, 2.45) is 0 Å². The minimum atomic E-state index is -0.798. The van der Waals surface area contributed by atoms with Crippen LogP contribution in [0.5, 0.6) is 0 Å². The van der Waals surface area contributed by atoms with E-state index in [2.05, 4.69) is 0 Å². The lowest BCUT2D eigenvalue weighted by molar-refractivity contribution is -0.137. The first kappa shape index (κ1) is 14.7. The number of carbonyl (C=O) groups excluding carboxylic acids is 1. The van der Waals surface area contributed by atoms with Gasteiger partial charge in [0, 0.05) is 24.3 Å². The summed E-state index contributed by atoms with van der Waals surface area (Å²) < 4.78 is 0. The van der Waals surface area contributed by atoms with Crippen LogP contribution in [0, 0.1) is 0 Å². The van der Waals surface area contributed by atoms with Gasteiger partial charge in [0.1, 0.15) is 0 Å². The van der Waals surface area contributed by atoms with E-state index in [9.17, 15) is 9.59 Å². The normalized spacial score (nSPS) is 10.3. The number of amides is 1. The molecule has 0 unspecified atom stereocenters. The number of nitrogens with zero attached hydrogens (tertiary/aromatic N) is 1. The molecule has 0 atom stereocenters. The monoisotopic (exact) mass is 269 g/mol. The van der Waals surface area contributed by atoms with Crippen LogP contribution >= 0.6 is 11.3 Å². The third kappa shape index (κ3) is 5.31. The Morgan fingerprint density at radius 2 is 2.06 bits per heavy atom. The molecule has 5 heteroatoms. The Hall–Kier alpha value is -1.36. The fourth-order valence-corrected chi connectivity index (χ4v) is 2.40. The first-order valence-electron chi connectivity index (χ1n) is 6.15. The summed E-state index contributed by atoms with van der Waals surface area (Å²) in [4.78, 5) is 25.3. The summed E-state index contributed by atoms with van der Waals surface area (Å²) in [5.74, 6) is -0.690. The number of rotatable bonds is 8. The molecule has 1 heterocycles.